The van der Waals surface area contributed by atoms with E-state index in [0.29, 0.717) is 0 Å². The molecule has 2 fully saturated rings. The van der Waals surface area contributed by atoms with E-state index in [1.54, 1.807) is 0 Å². The van der Waals surface area contributed by atoms with Crippen LogP contribution in [0.4, 0.5) is 34.5 Å². The Labute approximate surface area is 247 Å². The van der Waals surface area contributed by atoms with E-state index in [4.69, 9.17) is 0 Å². The zero-order chi connectivity index (χ0) is 29.4. The summed E-state index contributed by atoms with van der Waals surface area (Å²) >= 11 is 0. The molecule has 0 saturated carbocycles. The van der Waals surface area contributed by atoms with Gasteiger partial charge in [0, 0.05) is 64.8 Å². The quantitative estimate of drug-likeness (QED) is 0.355. The molecule has 6 nitrogen and oxygen atoms in total. The number of halogens is 8. The zero-order valence-corrected chi connectivity index (χ0v) is 23.8. The molecule has 0 N–H and O–H groups in total. The minimum atomic E-state index is -6.00. The Bertz CT molecular complexity index is 846. The fraction of sp³-hybridized carbons (Fsp3) is 0.583. The first-order chi connectivity index (χ1) is 18.8. The summed E-state index contributed by atoms with van der Waals surface area (Å²) in [6, 6.07) is 12.5. The topological polar surface area (TPSA) is 38.7 Å². The van der Waals surface area contributed by atoms with E-state index in [1.807, 2.05) is 24.5 Å². The van der Waals surface area contributed by atoms with Crippen molar-refractivity contribution in [2.75, 3.05) is 65.4 Å². The van der Waals surface area contributed by atoms with Crippen molar-refractivity contribution in [2.24, 2.45) is 0 Å². The molecule has 2 bridgehead atoms. The normalized spacial score (nSPS) is 21.3. The third kappa shape index (κ3) is 20.7. The monoisotopic (exact) mass is 638 g/mol. The summed E-state index contributed by atoms with van der Waals surface area (Å²) in [6.07, 6.45) is 6.28. The molecule has 0 aliphatic carbocycles. The Morgan fingerprint density at radius 2 is 0.854 bits per heavy atom. The number of hydrogen-bond acceptors (Lipinski definition) is 6. The van der Waals surface area contributed by atoms with E-state index >= 15 is 0 Å². The van der Waals surface area contributed by atoms with Crippen molar-refractivity contribution in [2.45, 2.75) is 25.9 Å². The number of hydrogen-bond donors (Lipinski definition) is 0. The molecule has 2 aliphatic heterocycles. The summed E-state index contributed by atoms with van der Waals surface area (Å²) in [5, 5.41) is 0. The van der Waals surface area contributed by atoms with Gasteiger partial charge in [-0.2, -0.15) is 0 Å². The van der Waals surface area contributed by atoms with Gasteiger partial charge in [0.25, 0.3) is 0 Å². The molecule has 2 unspecified atom stereocenters. The van der Waals surface area contributed by atoms with Crippen molar-refractivity contribution >= 4 is 14.5 Å². The molecule has 0 radical (unpaired) electrons. The number of rotatable bonds is 4. The Morgan fingerprint density at radius 1 is 0.512 bits per heavy atom. The fourth-order valence-corrected chi connectivity index (χ4v) is 4.54. The first kappa shape index (κ1) is 37.3. The molecule has 4 rings (SSSR count). The largest absolute Gasteiger partial charge is 6.00 e. The molecule has 41 heavy (non-hydrogen) atoms. The molecule has 4 heterocycles. The number of pyridine rings is 2. The predicted octanol–water partition coefficient (Wildman–Crippen LogP) is 4.79. The van der Waals surface area contributed by atoms with Crippen molar-refractivity contribution in [3.8, 4) is 0 Å². The maximum atomic E-state index is 9.75. The fourth-order valence-electron chi connectivity index (χ4n) is 4.54. The van der Waals surface area contributed by atoms with E-state index in [9.17, 15) is 34.5 Å². The van der Waals surface area contributed by atoms with Gasteiger partial charge in [0.05, 0.1) is 11.4 Å². The standard InChI is InChI=1S/C24H36N6.2BF4.Fe/c1-3-9-25-23(7-1)21-29-13-5-11-28-16-15-27(17-19-29)12-6-14-30(20-18-28)22-24-8-2-4-10-26-24;2*2-1(3,4)5;/h1-4,7-10H,5-6,11-22H2;;;/q;2*-1;+6. The Hall–Kier alpha value is -1.77. The molecule has 0 aromatic carbocycles. The van der Waals surface area contributed by atoms with Gasteiger partial charge in [0.15, 0.2) is 0 Å². The summed E-state index contributed by atoms with van der Waals surface area (Å²) in [5.41, 5.74) is 2.37. The van der Waals surface area contributed by atoms with E-state index in [1.165, 1.54) is 50.4 Å². The van der Waals surface area contributed by atoms with Crippen LogP contribution in [0, 0.1) is 0 Å². The minimum Gasteiger partial charge on any atom is -0.418 e. The predicted molar refractivity (Wildman–Crippen MR) is 142 cm³/mol. The summed E-state index contributed by atoms with van der Waals surface area (Å²) in [5.74, 6) is 0. The van der Waals surface area contributed by atoms with E-state index < -0.39 is 14.5 Å². The molecule has 0 spiro atoms. The van der Waals surface area contributed by atoms with Crippen LogP contribution in [-0.4, -0.2) is 110 Å². The molecule has 2 aliphatic rings. The molecule has 2 atom stereocenters. The number of nitrogens with zero attached hydrogens (tertiary/aromatic N) is 6. The number of aromatic nitrogens is 2. The van der Waals surface area contributed by atoms with Crippen LogP contribution in [0.2, 0.25) is 0 Å². The minimum absolute atomic E-state index is 0. The second-order valence-electron chi connectivity index (χ2n) is 9.57. The van der Waals surface area contributed by atoms with Gasteiger partial charge in [-0.05, 0) is 63.3 Å². The van der Waals surface area contributed by atoms with Crippen molar-refractivity contribution in [3.05, 3.63) is 60.2 Å². The van der Waals surface area contributed by atoms with Gasteiger partial charge < -0.3 is 44.3 Å². The Kier molecular flexibility index (Phi) is 17.6. The zero-order valence-electron chi connectivity index (χ0n) is 22.7. The van der Waals surface area contributed by atoms with Crippen LogP contribution < -0.4 is 0 Å². The van der Waals surface area contributed by atoms with Crippen LogP contribution in [0.1, 0.15) is 24.2 Å². The average molecular weight is 638 g/mol. The maximum absolute atomic E-state index is 9.75. The van der Waals surface area contributed by atoms with Crippen molar-refractivity contribution in [3.63, 3.8) is 0 Å². The molecular formula is C24H36B2F8FeN6+4. The summed E-state index contributed by atoms with van der Waals surface area (Å²) in [7, 11) is -12.0. The maximum Gasteiger partial charge on any atom is 6.00 e. The molecule has 2 aromatic rings. The van der Waals surface area contributed by atoms with Gasteiger partial charge in [-0.25, -0.2) is 0 Å². The summed E-state index contributed by atoms with van der Waals surface area (Å²) in [6.45, 7) is 13.6. The molecular weight excluding hydrogens is 602 g/mol. The second kappa shape index (κ2) is 19.4. The van der Waals surface area contributed by atoms with Gasteiger partial charge >= 0.3 is 31.6 Å². The van der Waals surface area contributed by atoms with E-state index in [0.717, 1.165) is 52.4 Å². The number of fused-ring (bicyclic) bond motifs is 3. The first-order valence-electron chi connectivity index (χ1n) is 13.3. The smallest absolute Gasteiger partial charge is 0.418 e. The van der Waals surface area contributed by atoms with Crippen molar-refractivity contribution in [1.29, 1.82) is 0 Å². The molecule has 228 valence electrons. The first-order valence-corrected chi connectivity index (χ1v) is 13.3. The van der Waals surface area contributed by atoms with Crippen LogP contribution in [0.25, 0.3) is 0 Å². The third-order valence-electron chi connectivity index (χ3n) is 6.32. The van der Waals surface area contributed by atoms with Crippen LogP contribution in [0.3, 0.4) is 0 Å². The van der Waals surface area contributed by atoms with Crippen molar-refractivity contribution in [1.82, 2.24) is 29.6 Å². The van der Waals surface area contributed by atoms with Crippen molar-refractivity contribution < 1.29 is 51.6 Å². The van der Waals surface area contributed by atoms with Gasteiger partial charge in [0.1, 0.15) is 0 Å². The molecule has 0 amide bonds. The summed E-state index contributed by atoms with van der Waals surface area (Å²) in [4.78, 5) is 19.6. The van der Waals surface area contributed by atoms with E-state index in [2.05, 4.69) is 53.8 Å². The van der Waals surface area contributed by atoms with E-state index in [-0.39, 0.29) is 17.1 Å². The van der Waals surface area contributed by atoms with Gasteiger partial charge in [-0.3, -0.25) is 19.8 Å². The Morgan fingerprint density at radius 3 is 1.17 bits per heavy atom. The SMILES string of the molecule is F[B-](F)(F)F.F[B-](F)(F)F.[Fe+6].c1ccc(CN2CCCN3CCN(CCCN(Cc4ccccn4)CC3)CC2)nc1. The van der Waals surface area contributed by atoms with Crippen LogP contribution >= 0.6 is 0 Å². The van der Waals surface area contributed by atoms with Gasteiger partial charge in [-0.15, -0.1) is 0 Å². The molecule has 2 saturated heterocycles. The Balaban J connectivity index is 0.000000661. The van der Waals surface area contributed by atoms with Gasteiger partial charge in [-0.1, -0.05) is 12.1 Å². The molecule has 17 heteroatoms. The summed E-state index contributed by atoms with van der Waals surface area (Å²) < 4.78 is 78.0. The van der Waals surface area contributed by atoms with Gasteiger partial charge in [0.2, 0.25) is 0 Å². The van der Waals surface area contributed by atoms with Crippen LogP contribution in [0.15, 0.2) is 48.8 Å². The van der Waals surface area contributed by atoms with Crippen LogP contribution in [0.5, 0.6) is 0 Å². The third-order valence-corrected chi connectivity index (χ3v) is 6.32. The molecule has 2 aromatic heterocycles. The van der Waals surface area contributed by atoms with Crippen LogP contribution in [-0.2, 0) is 30.2 Å². The second-order valence-corrected chi connectivity index (χ2v) is 9.57. The average Bonchev–Trinajstić information content (AvgIpc) is 2.86.